The van der Waals surface area contributed by atoms with Crippen LogP contribution in [0.25, 0.3) is 10.8 Å². The van der Waals surface area contributed by atoms with E-state index in [0.717, 1.165) is 5.56 Å². The molecule has 0 saturated heterocycles. The molecule has 0 spiro atoms. The molecule has 1 atom stereocenters. The second-order valence-corrected chi connectivity index (χ2v) is 6.06. The van der Waals surface area contributed by atoms with Crippen LogP contribution in [0.2, 0.25) is 0 Å². The lowest BCUT2D eigenvalue weighted by Crippen LogP contribution is -2.27. The fourth-order valence-corrected chi connectivity index (χ4v) is 2.98. The summed E-state index contributed by atoms with van der Waals surface area (Å²) in [6, 6.07) is 7.09. The van der Waals surface area contributed by atoms with E-state index in [0.29, 0.717) is 33.5 Å². The van der Waals surface area contributed by atoms with Gasteiger partial charge in [-0.1, -0.05) is 6.07 Å². The largest absolute Gasteiger partial charge is 0.497 e. The number of rotatable bonds is 6. The first-order valence-corrected chi connectivity index (χ1v) is 8.53. The maximum atomic E-state index is 13.0. The number of nitrogens with zero attached hydrogens (tertiary/aromatic N) is 2. The number of benzene rings is 1. The average Bonchev–Trinajstić information content (AvgIpc) is 2.72. The lowest BCUT2D eigenvalue weighted by atomic mass is 10.0. The first-order chi connectivity index (χ1) is 13.1. The summed E-state index contributed by atoms with van der Waals surface area (Å²) in [6.07, 6.45) is 4.96. The van der Waals surface area contributed by atoms with Crippen molar-refractivity contribution in [1.82, 2.24) is 15.3 Å². The van der Waals surface area contributed by atoms with Crippen LogP contribution in [0.15, 0.2) is 42.9 Å². The van der Waals surface area contributed by atoms with Crippen LogP contribution in [0.5, 0.6) is 11.5 Å². The number of nitrogens with one attached hydrogen (secondary N) is 1. The Hall–Kier alpha value is -2.90. The van der Waals surface area contributed by atoms with Crippen molar-refractivity contribution in [3.05, 3.63) is 59.7 Å². The van der Waals surface area contributed by atoms with Crippen molar-refractivity contribution in [2.45, 2.75) is 19.5 Å². The number of methoxy groups -OCH3 is 2. The third kappa shape index (κ3) is 4.16. The number of carbonyl (C=O) groups is 1. The topological polar surface area (TPSA) is 99.4 Å². The predicted molar refractivity (Wildman–Crippen MR) is 110 cm³/mol. The van der Waals surface area contributed by atoms with E-state index >= 15 is 0 Å². The zero-order valence-electron chi connectivity index (χ0n) is 15.9. The van der Waals surface area contributed by atoms with Crippen LogP contribution in [-0.2, 0) is 6.54 Å². The van der Waals surface area contributed by atoms with Crippen molar-refractivity contribution >= 4 is 29.1 Å². The molecule has 0 aliphatic carbocycles. The fourth-order valence-electron chi connectivity index (χ4n) is 2.98. The predicted octanol–water partition coefficient (Wildman–Crippen LogP) is 3.02. The molecular formula is C20H23ClN4O3. The molecule has 1 amide bonds. The third-order valence-corrected chi connectivity index (χ3v) is 4.43. The number of ether oxygens (including phenoxy) is 2. The van der Waals surface area contributed by atoms with Crippen molar-refractivity contribution in [3.63, 3.8) is 0 Å². The Balaban J connectivity index is 0.00000280. The minimum Gasteiger partial charge on any atom is -0.497 e. The van der Waals surface area contributed by atoms with Gasteiger partial charge in [0.1, 0.15) is 11.5 Å². The quantitative estimate of drug-likeness (QED) is 0.657. The van der Waals surface area contributed by atoms with Crippen LogP contribution in [-0.4, -0.2) is 30.1 Å². The third-order valence-electron chi connectivity index (χ3n) is 4.43. The Morgan fingerprint density at radius 1 is 1.25 bits per heavy atom. The van der Waals surface area contributed by atoms with Gasteiger partial charge in [-0.25, -0.2) is 0 Å². The minimum absolute atomic E-state index is 0. The van der Waals surface area contributed by atoms with Crippen molar-refractivity contribution in [2.75, 3.05) is 14.2 Å². The molecule has 1 aromatic carbocycles. The Morgan fingerprint density at radius 2 is 2.04 bits per heavy atom. The Labute approximate surface area is 169 Å². The molecule has 0 bridgehead atoms. The fraction of sp³-hybridized carbons (Fsp3) is 0.250. The van der Waals surface area contributed by atoms with E-state index in [-0.39, 0.29) is 30.9 Å². The summed E-state index contributed by atoms with van der Waals surface area (Å²) >= 11 is 0. The molecule has 8 heteroatoms. The Morgan fingerprint density at radius 3 is 2.64 bits per heavy atom. The summed E-state index contributed by atoms with van der Waals surface area (Å²) in [5.41, 5.74) is 7.83. The van der Waals surface area contributed by atoms with Gasteiger partial charge in [-0.3, -0.25) is 14.8 Å². The Kier molecular flexibility index (Phi) is 7.14. The van der Waals surface area contributed by atoms with Gasteiger partial charge in [-0.05, 0) is 24.6 Å². The molecule has 3 N–H and O–H groups in total. The molecule has 3 rings (SSSR count). The average molecular weight is 403 g/mol. The molecule has 0 fully saturated rings. The van der Waals surface area contributed by atoms with Crippen LogP contribution in [0, 0.1) is 0 Å². The van der Waals surface area contributed by atoms with Gasteiger partial charge in [0.15, 0.2) is 0 Å². The van der Waals surface area contributed by atoms with Crippen LogP contribution in [0.3, 0.4) is 0 Å². The lowest BCUT2D eigenvalue weighted by molar-refractivity contribution is 0.0941. The van der Waals surface area contributed by atoms with Crippen molar-refractivity contribution in [2.24, 2.45) is 5.73 Å². The molecule has 0 aliphatic rings. The summed E-state index contributed by atoms with van der Waals surface area (Å²) < 4.78 is 10.8. The summed E-state index contributed by atoms with van der Waals surface area (Å²) in [7, 11) is 3.13. The standard InChI is InChI=1S/C20H22N4O3.ClH/c1-12(13-5-4-6-22-10-13)24-20(25)16-11-23-17(9-21)19-15(16)7-14(26-2)8-18(19)27-3;/h4-8,10-12H,9,21H2,1-3H3,(H,24,25);1H. The summed E-state index contributed by atoms with van der Waals surface area (Å²) in [5.74, 6) is 0.901. The van der Waals surface area contributed by atoms with E-state index < -0.39 is 0 Å². The highest BCUT2D eigenvalue weighted by molar-refractivity contribution is 6.09. The molecule has 1 unspecified atom stereocenters. The highest BCUT2D eigenvalue weighted by Crippen LogP contribution is 2.34. The highest BCUT2D eigenvalue weighted by Gasteiger charge is 2.19. The van der Waals surface area contributed by atoms with Gasteiger partial charge in [0, 0.05) is 42.0 Å². The number of pyridine rings is 2. The van der Waals surface area contributed by atoms with Crippen LogP contribution >= 0.6 is 12.4 Å². The van der Waals surface area contributed by atoms with Gasteiger partial charge in [-0.2, -0.15) is 0 Å². The number of hydrogen-bond donors (Lipinski definition) is 2. The number of halogens is 1. The molecule has 28 heavy (non-hydrogen) atoms. The van der Waals surface area contributed by atoms with E-state index in [4.69, 9.17) is 15.2 Å². The smallest absolute Gasteiger partial charge is 0.253 e. The van der Waals surface area contributed by atoms with Gasteiger partial charge in [0.2, 0.25) is 0 Å². The maximum Gasteiger partial charge on any atom is 0.253 e. The van der Waals surface area contributed by atoms with Crippen molar-refractivity contribution < 1.29 is 14.3 Å². The molecule has 0 radical (unpaired) electrons. The SMILES string of the molecule is COc1cc(OC)c2c(CN)ncc(C(=O)NC(C)c3cccnc3)c2c1.Cl. The second-order valence-electron chi connectivity index (χ2n) is 6.06. The van der Waals surface area contributed by atoms with Gasteiger partial charge in [0.25, 0.3) is 5.91 Å². The number of hydrogen-bond acceptors (Lipinski definition) is 6. The number of aromatic nitrogens is 2. The van der Waals surface area contributed by atoms with Crippen molar-refractivity contribution in [3.8, 4) is 11.5 Å². The Bertz CT molecular complexity index is 967. The van der Waals surface area contributed by atoms with E-state index in [2.05, 4.69) is 15.3 Å². The van der Waals surface area contributed by atoms with Gasteiger partial charge in [-0.15, -0.1) is 12.4 Å². The molecule has 3 aromatic rings. The maximum absolute atomic E-state index is 13.0. The normalized spacial score (nSPS) is 11.4. The lowest BCUT2D eigenvalue weighted by Gasteiger charge is -2.17. The molecule has 2 aromatic heterocycles. The minimum atomic E-state index is -0.247. The highest BCUT2D eigenvalue weighted by atomic mass is 35.5. The van der Waals surface area contributed by atoms with E-state index in [1.165, 1.54) is 6.20 Å². The van der Waals surface area contributed by atoms with Crippen LogP contribution in [0.1, 0.15) is 34.6 Å². The zero-order valence-corrected chi connectivity index (χ0v) is 16.7. The summed E-state index contributed by atoms with van der Waals surface area (Å²) in [6.45, 7) is 2.13. The van der Waals surface area contributed by atoms with Gasteiger partial charge < -0.3 is 20.5 Å². The van der Waals surface area contributed by atoms with Gasteiger partial charge >= 0.3 is 0 Å². The molecule has 0 saturated carbocycles. The first-order valence-electron chi connectivity index (χ1n) is 8.53. The second kappa shape index (κ2) is 9.34. The first kappa shape index (κ1) is 21.4. The molecule has 148 valence electrons. The molecule has 0 aliphatic heterocycles. The molecule has 2 heterocycles. The van der Waals surface area contributed by atoms with E-state index in [1.807, 2.05) is 19.1 Å². The van der Waals surface area contributed by atoms with Crippen LogP contribution < -0.4 is 20.5 Å². The molecule has 7 nitrogen and oxygen atoms in total. The summed E-state index contributed by atoms with van der Waals surface area (Å²) in [5, 5.41) is 4.37. The summed E-state index contributed by atoms with van der Waals surface area (Å²) in [4.78, 5) is 21.4. The number of amides is 1. The zero-order chi connectivity index (χ0) is 19.4. The van der Waals surface area contributed by atoms with E-state index in [9.17, 15) is 4.79 Å². The number of nitrogens with two attached hydrogens (primary N) is 1. The number of fused-ring (bicyclic) bond motifs is 1. The monoisotopic (exact) mass is 402 g/mol. The van der Waals surface area contributed by atoms with Gasteiger partial charge in [0.05, 0.1) is 31.5 Å². The number of carbonyl (C=O) groups excluding carboxylic acids is 1. The molecular weight excluding hydrogens is 380 g/mol. The van der Waals surface area contributed by atoms with E-state index in [1.54, 1.807) is 38.7 Å². The van der Waals surface area contributed by atoms with Crippen molar-refractivity contribution in [1.29, 1.82) is 0 Å². The van der Waals surface area contributed by atoms with Crippen LogP contribution in [0.4, 0.5) is 0 Å².